The Hall–Kier alpha value is -2.55. The van der Waals surface area contributed by atoms with Gasteiger partial charge in [-0.25, -0.2) is 9.97 Å². The van der Waals surface area contributed by atoms with Crippen LogP contribution in [0.2, 0.25) is 0 Å². The van der Waals surface area contributed by atoms with Gasteiger partial charge in [0.15, 0.2) is 0 Å². The van der Waals surface area contributed by atoms with Crippen LogP contribution < -0.4 is 5.32 Å². The number of nitrogens with one attached hydrogen (secondary N) is 1. The Morgan fingerprint density at radius 2 is 2.29 bits per heavy atom. The number of ether oxygens (including phenoxy) is 1. The van der Waals surface area contributed by atoms with Gasteiger partial charge >= 0.3 is 0 Å². The van der Waals surface area contributed by atoms with Crippen LogP contribution in [-0.4, -0.2) is 62.3 Å². The molecule has 2 aromatic heterocycles. The molecule has 0 aliphatic carbocycles. The van der Waals surface area contributed by atoms with Crippen LogP contribution in [0.3, 0.4) is 0 Å². The summed E-state index contributed by atoms with van der Waals surface area (Å²) in [5.74, 6) is 0.807. The van der Waals surface area contributed by atoms with Crippen LogP contribution in [0.1, 0.15) is 24.6 Å². The van der Waals surface area contributed by atoms with Gasteiger partial charge in [0.2, 0.25) is 5.91 Å². The summed E-state index contributed by atoms with van der Waals surface area (Å²) in [4.78, 5) is 26.8. The average molecular weight is 331 g/mol. The van der Waals surface area contributed by atoms with Crippen molar-refractivity contribution in [1.29, 1.82) is 0 Å². The van der Waals surface area contributed by atoms with E-state index in [2.05, 4.69) is 25.4 Å². The minimum atomic E-state index is -0.255. The maximum absolute atomic E-state index is 12.4. The van der Waals surface area contributed by atoms with Crippen LogP contribution in [0.25, 0.3) is 0 Å². The molecule has 0 radical (unpaired) electrons. The van der Waals surface area contributed by atoms with Crippen LogP contribution in [0.5, 0.6) is 0 Å². The molecule has 0 unspecified atom stereocenters. The number of morpholine rings is 1. The molecule has 1 aliphatic heterocycles. The van der Waals surface area contributed by atoms with Crippen molar-refractivity contribution in [2.45, 2.75) is 25.5 Å². The van der Waals surface area contributed by atoms with Gasteiger partial charge < -0.3 is 15.0 Å². The predicted octanol–water partition coefficient (Wildman–Crippen LogP) is 0.490. The van der Waals surface area contributed by atoms with Gasteiger partial charge in [-0.1, -0.05) is 0 Å². The number of carbonyl (C=O) groups is 1. The summed E-state index contributed by atoms with van der Waals surface area (Å²) in [6.45, 7) is 2.29. The first-order valence-corrected chi connectivity index (χ1v) is 7.98. The summed E-state index contributed by atoms with van der Waals surface area (Å²) >= 11 is 0. The zero-order valence-electron chi connectivity index (χ0n) is 13.6. The number of hydrogen-bond donors (Lipinski definition) is 1. The van der Waals surface area contributed by atoms with Crippen molar-refractivity contribution in [3.63, 3.8) is 0 Å². The van der Waals surface area contributed by atoms with Gasteiger partial charge in [-0.2, -0.15) is 5.10 Å². The molecule has 1 atom stereocenters. The molecule has 1 saturated heterocycles. The van der Waals surface area contributed by atoms with Gasteiger partial charge in [-0.3, -0.25) is 14.5 Å². The molecule has 1 fully saturated rings. The minimum Gasteiger partial charge on any atom is -0.372 e. The number of amides is 1. The molecule has 2 aromatic rings. The molecule has 1 N–H and O–H groups in total. The monoisotopic (exact) mass is 331 g/mol. The molecule has 0 bridgehead atoms. The van der Waals surface area contributed by atoms with Crippen molar-refractivity contribution in [1.82, 2.24) is 29.6 Å². The lowest BCUT2D eigenvalue weighted by molar-refractivity contribution is -0.139. The Bertz CT molecular complexity index is 662. The second-order valence-electron chi connectivity index (χ2n) is 5.50. The first-order valence-electron chi connectivity index (χ1n) is 7.98. The molecule has 1 amide bonds. The van der Waals surface area contributed by atoms with E-state index in [9.17, 15) is 4.79 Å². The van der Waals surface area contributed by atoms with E-state index in [-0.39, 0.29) is 12.0 Å². The van der Waals surface area contributed by atoms with Crippen molar-refractivity contribution in [2.75, 3.05) is 32.1 Å². The fourth-order valence-electron chi connectivity index (χ4n) is 2.72. The van der Waals surface area contributed by atoms with Gasteiger partial charge in [0.1, 0.15) is 30.3 Å². The van der Waals surface area contributed by atoms with Gasteiger partial charge in [0, 0.05) is 39.0 Å². The standard InChI is InChI=1S/C15H21N7O2/c1-16-15-14(18-4-5-19-15)12-9-21(7-8-24-12)13(23)3-2-6-22-11-17-10-20-22/h4-5,10-12H,2-3,6-9H2,1H3,(H,16,19)/t12-/m0/s1. The highest BCUT2D eigenvalue weighted by molar-refractivity contribution is 5.76. The van der Waals surface area contributed by atoms with Crippen molar-refractivity contribution in [2.24, 2.45) is 0 Å². The lowest BCUT2D eigenvalue weighted by Crippen LogP contribution is -2.42. The van der Waals surface area contributed by atoms with Gasteiger partial charge in [-0.05, 0) is 6.42 Å². The van der Waals surface area contributed by atoms with Crippen molar-refractivity contribution < 1.29 is 9.53 Å². The van der Waals surface area contributed by atoms with E-state index < -0.39 is 0 Å². The number of carbonyl (C=O) groups excluding carboxylic acids is 1. The molecule has 9 heteroatoms. The molecular weight excluding hydrogens is 310 g/mol. The minimum absolute atomic E-state index is 0.123. The Balaban J connectivity index is 1.55. The molecule has 1 aliphatic rings. The third-order valence-corrected chi connectivity index (χ3v) is 3.93. The van der Waals surface area contributed by atoms with E-state index in [1.807, 2.05) is 4.90 Å². The second kappa shape index (κ2) is 7.82. The normalized spacial score (nSPS) is 17.7. The van der Waals surface area contributed by atoms with Crippen LogP contribution in [0.15, 0.2) is 25.0 Å². The van der Waals surface area contributed by atoms with E-state index in [0.717, 1.165) is 12.1 Å². The highest BCUT2D eigenvalue weighted by Gasteiger charge is 2.27. The quantitative estimate of drug-likeness (QED) is 0.822. The number of anilines is 1. The van der Waals surface area contributed by atoms with Crippen molar-refractivity contribution in [3.05, 3.63) is 30.7 Å². The van der Waals surface area contributed by atoms with Crippen molar-refractivity contribution in [3.8, 4) is 0 Å². The summed E-state index contributed by atoms with van der Waals surface area (Å²) in [7, 11) is 1.80. The number of rotatable bonds is 6. The summed E-state index contributed by atoms with van der Waals surface area (Å²) in [6, 6.07) is 0. The fourth-order valence-corrected chi connectivity index (χ4v) is 2.72. The number of aryl methyl sites for hydroxylation is 1. The van der Waals surface area contributed by atoms with Crippen LogP contribution in [0, 0.1) is 0 Å². The Kier molecular flexibility index (Phi) is 5.32. The molecule has 3 rings (SSSR count). The molecule has 0 spiro atoms. The first-order chi connectivity index (χ1) is 11.8. The average Bonchev–Trinajstić information content (AvgIpc) is 3.15. The van der Waals surface area contributed by atoms with Gasteiger partial charge in [0.05, 0.1) is 13.2 Å². The third kappa shape index (κ3) is 3.85. The molecule has 0 saturated carbocycles. The smallest absolute Gasteiger partial charge is 0.222 e. The molecule has 0 aromatic carbocycles. The second-order valence-corrected chi connectivity index (χ2v) is 5.50. The highest BCUT2D eigenvalue weighted by Crippen LogP contribution is 2.25. The van der Waals surface area contributed by atoms with E-state index in [1.54, 1.807) is 30.5 Å². The number of nitrogens with zero attached hydrogens (tertiary/aromatic N) is 6. The topological polar surface area (TPSA) is 98.1 Å². The van der Waals surface area contributed by atoms with E-state index in [0.29, 0.717) is 38.5 Å². The molecule has 9 nitrogen and oxygen atoms in total. The van der Waals surface area contributed by atoms with Gasteiger partial charge in [-0.15, -0.1) is 0 Å². The van der Waals surface area contributed by atoms with E-state index in [4.69, 9.17) is 4.74 Å². The zero-order chi connectivity index (χ0) is 16.8. The Morgan fingerprint density at radius 1 is 1.42 bits per heavy atom. The SMILES string of the molecule is CNc1nccnc1[C@@H]1CN(C(=O)CCCn2cncn2)CCO1. The zero-order valence-corrected chi connectivity index (χ0v) is 13.6. The molecule has 128 valence electrons. The molecular formula is C15H21N7O2. The fraction of sp³-hybridized carbons (Fsp3) is 0.533. The maximum Gasteiger partial charge on any atom is 0.222 e. The van der Waals surface area contributed by atoms with Crippen molar-refractivity contribution >= 4 is 11.7 Å². The lowest BCUT2D eigenvalue weighted by atomic mass is 10.1. The lowest BCUT2D eigenvalue weighted by Gasteiger charge is -2.33. The Morgan fingerprint density at radius 3 is 3.08 bits per heavy atom. The maximum atomic E-state index is 12.4. The van der Waals surface area contributed by atoms with Crippen LogP contribution in [-0.2, 0) is 16.1 Å². The largest absolute Gasteiger partial charge is 0.372 e. The summed E-state index contributed by atoms with van der Waals surface area (Å²) in [6.07, 6.45) is 7.37. The third-order valence-electron chi connectivity index (χ3n) is 3.93. The summed E-state index contributed by atoms with van der Waals surface area (Å²) in [5.41, 5.74) is 0.736. The van der Waals surface area contributed by atoms with Crippen LogP contribution in [0.4, 0.5) is 5.82 Å². The Labute approximate surface area is 140 Å². The molecule has 24 heavy (non-hydrogen) atoms. The van der Waals surface area contributed by atoms with Gasteiger partial charge in [0.25, 0.3) is 0 Å². The first kappa shape index (κ1) is 16.3. The molecule has 3 heterocycles. The summed E-state index contributed by atoms with van der Waals surface area (Å²) in [5, 5.41) is 7.05. The highest BCUT2D eigenvalue weighted by atomic mass is 16.5. The van der Waals surface area contributed by atoms with E-state index in [1.165, 1.54) is 6.33 Å². The van der Waals surface area contributed by atoms with E-state index >= 15 is 0 Å². The summed E-state index contributed by atoms with van der Waals surface area (Å²) < 4.78 is 7.52. The number of aromatic nitrogens is 5. The van der Waals surface area contributed by atoms with Crippen LogP contribution >= 0.6 is 0 Å². The predicted molar refractivity (Wildman–Crippen MR) is 86.1 cm³/mol. The number of hydrogen-bond acceptors (Lipinski definition) is 7.